The van der Waals surface area contributed by atoms with Gasteiger partial charge in [-0.25, -0.2) is 0 Å². The Labute approximate surface area is 273 Å². The number of hydrogen-bond acceptors (Lipinski definition) is 3. The number of carbonyl (C=O) groups excluding carboxylic acids is 1. The molecule has 0 N–H and O–H groups in total. The van der Waals surface area contributed by atoms with Crippen molar-refractivity contribution in [1.29, 1.82) is 0 Å². The van der Waals surface area contributed by atoms with Crippen molar-refractivity contribution in [3.8, 4) is 45.3 Å². The quantitative estimate of drug-likeness (QED) is 0.188. The maximum absolute atomic E-state index is 14.4. The van der Waals surface area contributed by atoms with Crippen molar-refractivity contribution in [2.24, 2.45) is 0 Å². The molecule has 3 heteroatoms. The molecule has 3 nitrogen and oxygen atoms in total. The Kier molecular flexibility index (Phi) is 6.19. The molecule has 0 bridgehead atoms. The second-order valence-electron chi connectivity index (χ2n) is 12.0. The maximum atomic E-state index is 14.4. The van der Waals surface area contributed by atoms with Gasteiger partial charge in [-0.15, -0.1) is 0 Å². The normalized spacial score (nSPS) is 13.3. The molecule has 0 amide bonds. The van der Waals surface area contributed by atoms with E-state index in [0.717, 1.165) is 61.8 Å². The van der Waals surface area contributed by atoms with Crippen molar-refractivity contribution < 1.29 is 14.3 Å². The molecule has 2 heterocycles. The zero-order chi connectivity index (χ0) is 31.4. The van der Waals surface area contributed by atoms with Gasteiger partial charge in [-0.1, -0.05) is 127 Å². The molecule has 2 aliphatic rings. The van der Waals surface area contributed by atoms with Gasteiger partial charge in [0, 0.05) is 33.4 Å². The predicted molar refractivity (Wildman–Crippen MR) is 186 cm³/mol. The van der Waals surface area contributed by atoms with Crippen LogP contribution in [-0.4, -0.2) is 5.78 Å². The van der Waals surface area contributed by atoms with Gasteiger partial charge in [0.2, 0.25) is 0 Å². The molecule has 2 aliphatic heterocycles. The minimum Gasteiger partial charge on any atom is -0.457 e. The van der Waals surface area contributed by atoms with Crippen LogP contribution in [0, 0.1) is 0 Å². The fraction of sp³-hybridized carbons (Fsp3) is 0.0227. The first kappa shape index (κ1) is 27.1. The Morgan fingerprint density at radius 1 is 0.362 bits per heavy atom. The van der Waals surface area contributed by atoms with E-state index in [-0.39, 0.29) is 5.78 Å². The molecular formula is C44H28O3. The molecule has 0 saturated carbocycles. The van der Waals surface area contributed by atoms with Crippen molar-refractivity contribution in [3.63, 3.8) is 0 Å². The number of benzene rings is 7. The first-order valence-corrected chi connectivity index (χ1v) is 15.8. The van der Waals surface area contributed by atoms with Gasteiger partial charge in [0.1, 0.15) is 23.0 Å². The summed E-state index contributed by atoms with van der Waals surface area (Å²) >= 11 is 0. The number of para-hydroxylation sites is 3. The molecule has 0 fully saturated rings. The third kappa shape index (κ3) is 4.24. The van der Waals surface area contributed by atoms with Crippen LogP contribution in [0.5, 0.6) is 23.0 Å². The largest absolute Gasteiger partial charge is 0.457 e. The smallest absolute Gasteiger partial charge is 0.193 e. The summed E-state index contributed by atoms with van der Waals surface area (Å²) in [6.07, 6.45) is 0. The minimum absolute atomic E-state index is 0.0629. The molecule has 0 unspecified atom stereocenters. The van der Waals surface area contributed by atoms with Crippen LogP contribution in [0.2, 0.25) is 0 Å². The highest BCUT2D eigenvalue weighted by atomic mass is 16.5. The van der Waals surface area contributed by atoms with Crippen molar-refractivity contribution in [1.82, 2.24) is 0 Å². The van der Waals surface area contributed by atoms with E-state index in [9.17, 15) is 4.79 Å². The lowest BCUT2D eigenvalue weighted by Gasteiger charge is -2.44. The lowest BCUT2D eigenvalue weighted by atomic mass is 9.62. The molecule has 0 atom stereocenters. The van der Waals surface area contributed by atoms with Crippen molar-refractivity contribution in [2.75, 3.05) is 0 Å². The number of carbonyl (C=O) groups is 1. The van der Waals surface area contributed by atoms with Gasteiger partial charge in [-0.05, 0) is 64.7 Å². The van der Waals surface area contributed by atoms with Crippen LogP contribution in [0.15, 0.2) is 170 Å². The Bertz CT molecular complexity index is 2200. The van der Waals surface area contributed by atoms with Crippen molar-refractivity contribution >= 4 is 5.78 Å². The highest BCUT2D eigenvalue weighted by Gasteiger charge is 2.50. The Morgan fingerprint density at radius 2 is 0.787 bits per heavy atom. The van der Waals surface area contributed by atoms with Crippen LogP contribution in [-0.2, 0) is 5.41 Å². The third-order valence-electron chi connectivity index (χ3n) is 9.37. The lowest BCUT2D eigenvalue weighted by molar-refractivity contribution is 0.103. The molecule has 47 heavy (non-hydrogen) atoms. The lowest BCUT2D eigenvalue weighted by Crippen LogP contribution is -2.36. The van der Waals surface area contributed by atoms with Crippen molar-refractivity contribution in [2.45, 2.75) is 5.41 Å². The number of fused-ring (bicyclic) bond motifs is 8. The zero-order valence-corrected chi connectivity index (χ0v) is 25.4. The number of hydrogen-bond donors (Lipinski definition) is 0. The molecule has 222 valence electrons. The summed E-state index contributed by atoms with van der Waals surface area (Å²) in [5.74, 6) is 2.96. The van der Waals surface area contributed by atoms with Gasteiger partial charge in [-0.2, -0.15) is 0 Å². The molecule has 7 aromatic carbocycles. The highest BCUT2D eigenvalue weighted by molar-refractivity contribution is 6.10. The summed E-state index contributed by atoms with van der Waals surface area (Å²) in [5, 5.41) is 0. The Morgan fingerprint density at radius 3 is 1.30 bits per heavy atom. The molecule has 0 aliphatic carbocycles. The van der Waals surface area contributed by atoms with E-state index in [0.29, 0.717) is 16.9 Å². The van der Waals surface area contributed by atoms with E-state index < -0.39 is 5.41 Å². The fourth-order valence-corrected chi connectivity index (χ4v) is 7.28. The van der Waals surface area contributed by atoms with E-state index in [1.165, 1.54) is 0 Å². The summed E-state index contributed by atoms with van der Waals surface area (Å²) < 4.78 is 13.1. The number of rotatable bonds is 4. The summed E-state index contributed by atoms with van der Waals surface area (Å²) in [5.41, 5.74) is 8.69. The van der Waals surface area contributed by atoms with E-state index in [1.807, 2.05) is 97.1 Å². The molecule has 0 aromatic heterocycles. The van der Waals surface area contributed by atoms with Crippen LogP contribution in [0.25, 0.3) is 22.3 Å². The summed E-state index contributed by atoms with van der Waals surface area (Å²) in [6, 6.07) is 57.0. The minimum atomic E-state index is -0.690. The third-order valence-corrected chi connectivity index (χ3v) is 9.37. The number of ketones is 1. The average molecular weight is 605 g/mol. The number of ether oxygens (including phenoxy) is 2. The van der Waals surface area contributed by atoms with Crippen LogP contribution >= 0.6 is 0 Å². The van der Waals surface area contributed by atoms with Gasteiger partial charge < -0.3 is 9.47 Å². The van der Waals surface area contributed by atoms with Gasteiger partial charge in [0.15, 0.2) is 5.78 Å². The van der Waals surface area contributed by atoms with Gasteiger partial charge in [-0.3, -0.25) is 4.79 Å². The first-order valence-electron chi connectivity index (χ1n) is 15.8. The van der Waals surface area contributed by atoms with Crippen molar-refractivity contribution in [3.05, 3.63) is 203 Å². The van der Waals surface area contributed by atoms with Gasteiger partial charge >= 0.3 is 0 Å². The predicted octanol–water partition coefficient (Wildman–Crippen LogP) is 10.8. The van der Waals surface area contributed by atoms with Gasteiger partial charge in [0.05, 0.1) is 5.41 Å². The molecule has 7 aromatic rings. The van der Waals surface area contributed by atoms with Crippen LogP contribution in [0.3, 0.4) is 0 Å². The van der Waals surface area contributed by atoms with Crippen LogP contribution in [0.4, 0.5) is 0 Å². The molecule has 9 rings (SSSR count). The molecule has 1 spiro atoms. The van der Waals surface area contributed by atoms with Gasteiger partial charge in [0.25, 0.3) is 0 Å². The fourth-order valence-electron chi connectivity index (χ4n) is 7.28. The monoisotopic (exact) mass is 604 g/mol. The molecule has 0 saturated heterocycles. The van der Waals surface area contributed by atoms with E-state index in [4.69, 9.17) is 9.47 Å². The van der Waals surface area contributed by atoms with Crippen LogP contribution in [0.1, 0.15) is 38.2 Å². The summed E-state index contributed by atoms with van der Waals surface area (Å²) in [7, 11) is 0. The van der Waals surface area contributed by atoms with Crippen LogP contribution < -0.4 is 9.47 Å². The van der Waals surface area contributed by atoms with E-state index in [1.54, 1.807) is 0 Å². The second kappa shape index (κ2) is 10.7. The zero-order valence-electron chi connectivity index (χ0n) is 25.4. The van der Waals surface area contributed by atoms with E-state index >= 15 is 0 Å². The Hall–Kier alpha value is -6.19. The average Bonchev–Trinajstić information content (AvgIpc) is 3.14. The second-order valence-corrected chi connectivity index (χ2v) is 12.0. The maximum Gasteiger partial charge on any atom is 0.193 e. The Balaban J connectivity index is 1.23. The van der Waals surface area contributed by atoms with E-state index in [2.05, 4.69) is 72.8 Å². The molecular weight excluding hydrogens is 576 g/mol. The molecule has 0 radical (unpaired) electrons. The standard InChI is InChI=1S/C44H28O3/c45-43(34-26-32(29-13-3-1-4-14-29)25-33(27-34)30-15-5-2-6-16-30)31-23-24-38-42(28-31)47-41-22-12-9-19-37(41)44(38)35-17-7-10-20-39(35)46-40-21-11-8-18-36(40)44/h1-28H. The SMILES string of the molecule is O=C(c1cc(-c2ccccc2)cc(-c2ccccc2)c1)c1ccc2c(c1)Oc1ccccc1C21c2ccccc2Oc2ccccc21. The summed E-state index contributed by atoms with van der Waals surface area (Å²) in [6.45, 7) is 0. The highest BCUT2D eigenvalue weighted by Crippen LogP contribution is 2.61. The topological polar surface area (TPSA) is 35.5 Å². The summed E-state index contributed by atoms with van der Waals surface area (Å²) in [4.78, 5) is 14.4. The first-order chi connectivity index (χ1) is 23.2.